The van der Waals surface area contributed by atoms with Gasteiger partial charge in [-0.1, -0.05) is 34.1 Å². The summed E-state index contributed by atoms with van der Waals surface area (Å²) in [6.07, 6.45) is -2.54. The predicted molar refractivity (Wildman–Crippen MR) is 73.2 cm³/mol. The van der Waals surface area contributed by atoms with Crippen molar-refractivity contribution in [2.45, 2.75) is 43.8 Å². The molecule has 1 nitrogen and oxygen atoms in total. The normalized spacial score (nSPS) is 23.2. The van der Waals surface area contributed by atoms with Gasteiger partial charge >= 0.3 is 6.18 Å². The molecule has 1 saturated carbocycles. The zero-order valence-corrected chi connectivity index (χ0v) is 12.1. The third kappa shape index (κ3) is 4.49. The van der Waals surface area contributed by atoms with E-state index in [9.17, 15) is 13.2 Å². The Bertz CT molecular complexity index is 413. The Kier molecular flexibility index (Phi) is 4.90. The molecular formula is C14H17BrF3N. The molecule has 0 aliphatic heterocycles. The smallest absolute Gasteiger partial charge is 0.314 e. The van der Waals surface area contributed by atoms with E-state index in [0.29, 0.717) is 18.5 Å². The van der Waals surface area contributed by atoms with E-state index in [2.05, 4.69) is 27.3 Å². The molecule has 0 aromatic heterocycles. The van der Waals surface area contributed by atoms with Crippen LogP contribution < -0.4 is 5.32 Å². The lowest BCUT2D eigenvalue weighted by Crippen LogP contribution is -2.40. The van der Waals surface area contributed by atoms with Crippen LogP contribution in [0.25, 0.3) is 0 Å². The summed E-state index contributed by atoms with van der Waals surface area (Å²) in [6.45, 7) is 0.451. The molecule has 0 heterocycles. The first-order valence-corrected chi connectivity index (χ1v) is 7.29. The van der Waals surface area contributed by atoms with Crippen LogP contribution >= 0.6 is 15.9 Å². The summed E-state index contributed by atoms with van der Waals surface area (Å²) in [4.78, 5) is 0. The van der Waals surface area contributed by atoms with Crippen LogP contribution in [0.1, 0.15) is 37.2 Å². The van der Waals surface area contributed by atoms with E-state index in [1.54, 1.807) is 0 Å². The quantitative estimate of drug-likeness (QED) is 0.773. The largest absolute Gasteiger partial charge is 0.389 e. The molecule has 1 aliphatic carbocycles. The standard InChI is InChI=1S/C14H17BrF3N/c15-13-5-2-1-4-12(13)10-8-11(9-10)19-7-3-6-14(16,17)18/h1-2,4-5,10-11,19H,3,6-9H2. The number of hydrogen-bond acceptors (Lipinski definition) is 1. The molecule has 5 heteroatoms. The summed E-state index contributed by atoms with van der Waals surface area (Å²) < 4.78 is 37.0. The van der Waals surface area contributed by atoms with Gasteiger partial charge < -0.3 is 5.32 Å². The minimum atomic E-state index is -4.03. The minimum Gasteiger partial charge on any atom is -0.314 e. The van der Waals surface area contributed by atoms with Gasteiger partial charge in [0.2, 0.25) is 0 Å². The SMILES string of the molecule is FC(F)(F)CCCNC1CC(c2ccccc2Br)C1. The van der Waals surface area contributed by atoms with Crippen LogP contribution in [0.2, 0.25) is 0 Å². The molecule has 1 aromatic carbocycles. The van der Waals surface area contributed by atoms with E-state index in [4.69, 9.17) is 0 Å². The van der Waals surface area contributed by atoms with Crippen molar-refractivity contribution in [1.82, 2.24) is 5.32 Å². The summed E-state index contributed by atoms with van der Waals surface area (Å²) in [5.41, 5.74) is 1.30. The van der Waals surface area contributed by atoms with Crippen molar-refractivity contribution in [1.29, 1.82) is 0 Å². The highest BCUT2D eigenvalue weighted by Gasteiger charge is 2.31. The van der Waals surface area contributed by atoms with Gasteiger partial charge in [0.1, 0.15) is 0 Å². The Hall–Kier alpha value is -0.550. The average Bonchev–Trinajstić information content (AvgIpc) is 2.27. The van der Waals surface area contributed by atoms with Gasteiger partial charge in [-0.25, -0.2) is 0 Å². The molecule has 0 bridgehead atoms. The predicted octanol–water partition coefficient (Wildman–Crippen LogP) is 4.63. The minimum absolute atomic E-state index is 0.166. The number of alkyl halides is 3. The first-order valence-electron chi connectivity index (χ1n) is 6.50. The van der Waals surface area contributed by atoms with Gasteiger partial charge in [0.15, 0.2) is 0 Å². The van der Waals surface area contributed by atoms with Gasteiger partial charge in [-0.15, -0.1) is 0 Å². The average molecular weight is 336 g/mol. The molecule has 0 atom stereocenters. The summed E-state index contributed by atoms with van der Waals surface area (Å²) in [7, 11) is 0. The van der Waals surface area contributed by atoms with E-state index < -0.39 is 12.6 Å². The van der Waals surface area contributed by atoms with Crippen LogP contribution in [-0.2, 0) is 0 Å². The van der Waals surface area contributed by atoms with Crippen molar-refractivity contribution in [3.63, 3.8) is 0 Å². The van der Waals surface area contributed by atoms with E-state index in [0.717, 1.165) is 17.3 Å². The molecule has 2 rings (SSSR count). The van der Waals surface area contributed by atoms with Crippen LogP contribution in [-0.4, -0.2) is 18.8 Å². The van der Waals surface area contributed by atoms with Crippen molar-refractivity contribution in [3.8, 4) is 0 Å². The van der Waals surface area contributed by atoms with Crippen LogP contribution in [0.3, 0.4) is 0 Å². The third-order valence-electron chi connectivity index (χ3n) is 3.55. The van der Waals surface area contributed by atoms with Crippen molar-refractivity contribution in [3.05, 3.63) is 34.3 Å². The Morgan fingerprint density at radius 2 is 1.89 bits per heavy atom. The Balaban J connectivity index is 1.66. The molecule has 1 aliphatic rings. The van der Waals surface area contributed by atoms with E-state index >= 15 is 0 Å². The molecule has 1 N–H and O–H groups in total. The van der Waals surface area contributed by atoms with Gasteiger partial charge in [0.05, 0.1) is 0 Å². The highest BCUT2D eigenvalue weighted by molar-refractivity contribution is 9.10. The first kappa shape index (κ1) is 14.9. The van der Waals surface area contributed by atoms with E-state index in [1.165, 1.54) is 5.56 Å². The maximum Gasteiger partial charge on any atom is 0.389 e. The van der Waals surface area contributed by atoms with Crippen LogP contribution in [0, 0.1) is 0 Å². The highest BCUT2D eigenvalue weighted by atomic mass is 79.9. The fourth-order valence-electron chi connectivity index (χ4n) is 2.44. The zero-order valence-electron chi connectivity index (χ0n) is 10.5. The molecule has 1 aromatic rings. The van der Waals surface area contributed by atoms with Crippen molar-refractivity contribution in [2.24, 2.45) is 0 Å². The Labute approximate surface area is 119 Å². The van der Waals surface area contributed by atoms with Gasteiger partial charge in [-0.05, 0) is 43.4 Å². The highest BCUT2D eigenvalue weighted by Crippen LogP contribution is 2.39. The van der Waals surface area contributed by atoms with Gasteiger partial charge in [-0.2, -0.15) is 13.2 Å². The Morgan fingerprint density at radius 1 is 1.21 bits per heavy atom. The van der Waals surface area contributed by atoms with Gasteiger partial charge in [0, 0.05) is 16.9 Å². The van der Waals surface area contributed by atoms with E-state index in [-0.39, 0.29) is 6.42 Å². The summed E-state index contributed by atoms with van der Waals surface area (Å²) in [6, 6.07) is 8.50. The topological polar surface area (TPSA) is 12.0 Å². The lowest BCUT2D eigenvalue weighted by Gasteiger charge is -2.37. The second-order valence-corrected chi connectivity index (χ2v) is 5.91. The fraction of sp³-hybridized carbons (Fsp3) is 0.571. The van der Waals surface area contributed by atoms with Crippen molar-refractivity contribution < 1.29 is 13.2 Å². The second-order valence-electron chi connectivity index (χ2n) is 5.06. The van der Waals surface area contributed by atoms with Gasteiger partial charge in [-0.3, -0.25) is 0 Å². The zero-order chi connectivity index (χ0) is 13.9. The van der Waals surface area contributed by atoms with Crippen LogP contribution in [0.5, 0.6) is 0 Å². The lowest BCUT2D eigenvalue weighted by molar-refractivity contribution is -0.135. The summed E-state index contributed by atoms with van der Waals surface area (Å²) in [5.74, 6) is 0.524. The molecule has 19 heavy (non-hydrogen) atoms. The molecule has 0 saturated heterocycles. The third-order valence-corrected chi connectivity index (χ3v) is 4.28. The molecule has 0 radical (unpaired) electrons. The number of halogens is 4. The molecule has 0 unspecified atom stereocenters. The Morgan fingerprint density at radius 3 is 2.53 bits per heavy atom. The number of benzene rings is 1. The second kappa shape index (κ2) is 6.27. The lowest BCUT2D eigenvalue weighted by atomic mass is 9.76. The maximum atomic E-state index is 12.0. The number of nitrogens with one attached hydrogen (secondary N) is 1. The molecule has 106 valence electrons. The van der Waals surface area contributed by atoms with Crippen molar-refractivity contribution >= 4 is 15.9 Å². The van der Waals surface area contributed by atoms with Crippen molar-refractivity contribution in [2.75, 3.05) is 6.54 Å². The number of rotatable bonds is 5. The monoisotopic (exact) mass is 335 g/mol. The molecule has 1 fully saturated rings. The van der Waals surface area contributed by atoms with E-state index in [1.807, 2.05) is 18.2 Å². The van der Waals surface area contributed by atoms with Crippen LogP contribution in [0.15, 0.2) is 28.7 Å². The fourth-order valence-corrected chi connectivity index (χ4v) is 3.05. The number of hydrogen-bond donors (Lipinski definition) is 1. The summed E-state index contributed by atoms with van der Waals surface area (Å²) >= 11 is 3.53. The molecule has 0 spiro atoms. The van der Waals surface area contributed by atoms with Gasteiger partial charge in [0.25, 0.3) is 0 Å². The first-order chi connectivity index (χ1) is 8.96. The summed E-state index contributed by atoms with van der Waals surface area (Å²) in [5, 5.41) is 3.20. The molecule has 0 amide bonds. The van der Waals surface area contributed by atoms with Crippen LogP contribution in [0.4, 0.5) is 13.2 Å². The molecular weight excluding hydrogens is 319 g/mol. The maximum absolute atomic E-state index is 12.0.